The minimum atomic E-state index is -4.74. The number of urea groups is 1. The van der Waals surface area contributed by atoms with Crippen molar-refractivity contribution in [1.29, 1.82) is 0 Å². The van der Waals surface area contributed by atoms with Gasteiger partial charge in [-0.25, -0.2) is 14.5 Å². The molecule has 1 aliphatic heterocycles. The molecule has 2 atom stereocenters. The van der Waals surface area contributed by atoms with Gasteiger partial charge < -0.3 is 15.0 Å². The highest BCUT2D eigenvalue weighted by molar-refractivity contribution is 8.14. The molecule has 248 valence electrons. The zero-order valence-electron chi connectivity index (χ0n) is 26.9. The number of carbonyl (C=O) groups is 1. The highest BCUT2D eigenvalue weighted by Crippen LogP contribution is 2.34. The number of aryl methyl sites for hydroxylation is 1. The van der Waals surface area contributed by atoms with Crippen LogP contribution in [0.25, 0.3) is 17.1 Å². The third kappa shape index (κ3) is 9.15. The number of aliphatic imine (C=N–C) groups is 1. The monoisotopic (exact) mass is 664 g/mol. The molecule has 1 aromatic heterocycles. The van der Waals surface area contributed by atoms with Crippen molar-refractivity contribution in [3.05, 3.63) is 90.3 Å². The molecule has 2 amide bonds. The largest absolute Gasteiger partial charge is 0.573 e. The molecule has 12 heteroatoms. The number of carbonyl (C=O) groups excluding carboxylic acids is 1. The predicted molar refractivity (Wildman–Crippen MR) is 181 cm³/mol. The lowest BCUT2D eigenvalue weighted by molar-refractivity contribution is -0.274. The molecule has 0 saturated carbocycles. The molecule has 47 heavy (non-hydrogen) atoms. The van der Waals surface area contributed by atoms with Crippen LogP contribution >= 0.6 is 11.8 Å². The summed E-state index contributed by atoms with van der Waals surface area (Å²) in [5.74, 6) is 1.49. The van der Waals surface area contributed by atoms with E-state index in [0.717, 1.165) is 53.4 Å². The second-order valence-corrected chi connectivity index (χ2v) is 13.0. The molecule has 2 heterocycles. The van der Waals surface area contributed by atoms with E-state index in [-0.39, 0.29) is 23.9 Å². The summed E-state index contributed by atoms with van der Waals surface area (Å²) in [6.45, 7) is 8.55. The molecule has 0 aliphatic carbocycles. The summed E-state index contributed by atoms with van der Waals surface area (Å²) in [6, 6.07) is 21.6. The Morgan fingerprint density at radius 2 is 1.79 bits per heavy atom. The number of halogens is 3. The average molecular weight is 665 g/mol. The predicted octanol–water partition coefficient (Wildman–Crippen LogP) is 8.77. The number of anilines is 1. The van der Waals surface area contributed by atoms with E-state index in [1.807, 2.05) is 37.3 Å². The third-order valence-corrected chi connectivity index (χ3v) is 8.93. The highest BCUT2D eigenvalue weighted by atomic mass is 32.2. The van der Waals surface area contributed by atoms with Gasteiger partial charge in [-0.3, -0.25) is 0 Å². The van der Waals surface area contributed by atoms with E-state index >= 15 is 0 Å². The second-order valence-electron chi connectivity index (χ2n) is 12.0. The zero-order valence-corrected chi connectivity index (χ0v) is 27.7. The van der Waals surface area contributed by atoms with Crippen LogP contribution in [0.15, 0.2) is 84.1 Å². The van der Waals surface area contributed by atoms with Crippen LogP contribution in [-0.4, -0.2) is 50.2 Å². The molecule has 4 aromatic rings. The fourth-order valence-corrected chi connectivity index (χ4v) is 6.69. The van der Waals surface area contributed by atoms with Gasteiger partial charge in [0.25, 0.3) is 0 Å². The molecule has 3 aromatic carbocycles. The van der Waals surface area contributed by atoms with Crippen molar-refractivity contribution >= 4 is 28.6 Å². The minimum Gasteiger partial charge on any atom is -0.406 e. The van der Waals surface area contributed by atoms with Gasteiger partial charge >= 0.3 is 12.4 Å². The standard InChI is InChI=1S/C35H39F3N6O2S/c1-23(2)30-10-5-6-11-31(30)44-25(4)20-21-47-34(44)41-33(45)40-24(3)8-7-9-26-12-14-27(15-13-26)32-39-22-43(42-32)28-16-18-29(19-17-28)46-35(36,37)38/h5-6,10-19,22-25H,7-9,20-21H2,1-4H3,(H,40,45). The van der Waals surface area contributed by atoms with Crippen molar-refractivity contribution in [3.8, 4) is 22.8 Å². The van der Waals surface area contributed by atoms with Gasteiger partial charge in [0.15, 0.2) is 11.0 Å². The van der Waals surface area contributed by atoms with E-state index in [2.05, 4.69) is 69.0 Å². The van der Waals surface area contributed by atoms with Crippen LogP contribution < -0.4 is 15.0 Å². The quantitative estimate of drug-likeness (QED) is 0.183. The van der Waals surface area contributed by atoms with Crippen molar-refractivity contribution < 1.29 is 22.7 Å². The minimum absolute atomic E-state index is 0.0317. The first-order valence-electron chi connectivity index (χ1n) is 15.7. The number of aromatic nitrogens is 3. The fraction of sp³-hybridized carbons (Fsp3) is 0.371. The smallest absolute Gasteiger partial charge is 0.406 e. The lowest BCUT2D eigenvalue weighted by Gasteiger charge is -2.37. The fourth-order valence-electron chi connectivity index (χ4n) is 5.48. The number of nitrogens with zero attached hydrogens (tertiary/aromatic N) is 5. The van der Waals surface area contributed by atoms with Gasteiger partial charge in [-0.15, -0.1) is 18.3 Å². The van der Waals surface area contributed by atoms with Gasteiger partial charge in [0.2, 0.25) is 0 Å². The Kier molecular flexibility index (Phi) is 10.9. The van der Waals surface area contributed by atoms with Crippen molar-refractivity contribution in [2.24, 2.45) is 4.99 Å². The molecule has 1 saturated heterocycles. The van der Waals surface area contributed by atoms with Crippen LogP contribution in [0.4, 0.5) is 23.7 Å². The highest BCUT2D eigenvalue weighted by Gasteiger charge is 2.31. The summed E-state index contributed by atoms with van der Waals surface area (Å²) in [5.41, 5.74) is 4.89. The summed E-state index contributed by atoms with van der Waals surface area (Å²) in [7, 11) is 0. The molecule has 1 aliphatic rings. The van der Waals surface area contributed by atoms with Crippen LogP contribution in [0.2, 0.25) is 0 Å². The van der Waals surface area contributed by atoms with E-state index in [0.29, 0.717) is 17.4 Å². The van der Waals surface area contributed by atoms with Gasteiger partial charge in [-0.2, -0.15) is 4.99 Å². The second kappa shape index (κ2) is 15.1. The van der Waals surface area contributed by atoms with Crippen LogP contribution in [0, 0.1) is 0 Å². The van der Waals surface area contributed by atoms with Crippen molar-refractivity contribution in [2.45, 2.75) is 77.7 Å². The first-order valence-corrected chi connectivity index (χ1v) is 16.7. The number of hydrogen-bond donors (Lipinski definition) is 1. The summed E-state index contributed by atoms with van der Waals surface area (Å²) in [5, 5.41) is 8.26. The molecular weight excluding hydrogens is 625 g/mol. The van der Waals surface area contributed by atoms with E-state index in [1.54, 1.807) is 11.8 Å². The number of para-hydroxylation sites is 1. The van der Waals surface area contributed by atoms with E-state index in [1.165, 1.54) is 40.8 Å². The van der Waals surface area contributed by atoms with Crippen LogP contribution in [-0.2, 0) is 6.42 Å². The summed E-state index contributed by atoms with van der Waals surface area (Å²) in [4.78, 5) is 24.1. The van der Waals surface area contributed by atoms with Crippen LogP contribution in [0.1, 0.15) is 64.0 Å². The van der Waals surface area contributed by atoms with E-state index < -0.39 is 6.36 Å². The van der Waals surface area contributed by atoms with Gasteiger partial charge in [-0.1, -0.05) is 68.1 Å². The molecule has 5 rings (SSSR count). The Morgan fingerprint density at radius 1 is 1.06 bits per heavy atom. The molecule has 1 N–H and O–H groups in total. The number of amides is 2. The maximum Gasteiger partial charge on any atom is 0.573 e. The number of nitrogens with one attached hydrogen (secondary N) is 1. The van der Waals surface area contributed by atoms with Gasteiger partial charge in [-0.05, 0) is 86.9 Å². The zero-order chi connectivity index (χ0) is 33.6. The number of alkyl halides is 3. The molecule has 8 nitrogen and oxygen atoms in total. The number of thioether (sulfide) groups is 1. The lowest BCUT2D eigenvalue weighted by atomic mass is 9.99. The Hall–Kier alpha value is -4.32. The van der Waals surface area contributed by atoms with Gasteiger partial charge in [0.05, 0.1) is 5.69 Å². The topological polar surface area (TPSA) is 84.6 Å². The number of ether oxygens (including phenoxy) is 1. The summed E-state index contributed by atoms with van der Waals surface area (Å²) in [6.07, 6.45) is 0.332. The number of amidine groups is 1. The Bertz CT molecular complexity index is 1670. The Balaban J connectivity index is 1.12. The molecule has 0 radical (unpaired) electrons. The maximum atomic E-state index is 13.0. The van der Waals surface area contributed by atoms with Crippen molar-refractivity contribution in [1.82, 2.24) is 20.1 Å². The van der Waals surface area contributed by atoms with E-state index in [9.17, 15) is 18.0 Å². The number of rotatable bonds is 10. The first-order chi connectivity index (χ1) is 22.5. The lowest BCUT2D eigenvalue weighted by Crippen LogP contribution is -2.43. The Morgan fingerprint density at radius 3 is 2.49 bits per heavy atom. The average Bonchev–Trinajstić information content (AvgIpc) is 3.51. The van der Waals surface area contributed by atoms with Crippen molar-refractivity contribution in [2.75, 3.05) is 10.7 Å². The Labute approximate surface area is 277 Å². The van der Waals surface area contributed by atoms with Crippen LogP contribution in [0.5, 0.6) is 5.75 Å². The van der Waals surface area contributed by atoms with Gasteiger partial charge in [0.1, 0.15) is 12.1 Å². The summed E-state index contributed by atoms with van der Waals surface area (Å²) < 4.78 is 42.7. The first kappa shape index (κ1) is 34.0. The molecule has 0 bridgehead atoms. The van der Waals surface area contributed by atoms with Crippen LogP contribution in [0.3, 0.4) is 0 Å². The normalized spacial score (nSPS) is 16.8. The van der Waals surface area contributed by atoms with Gasteiger partial charge in [0, 0.05) is 29.1 Å². The van der Waals surface area contributed by atoms with E-state index in [4.69, 9.17) is 0 Å². The number of hydrogen-bond acceptors (Lipinski definition) is 5. The SMILES string of the molecule is CC(CCCc1ccc(-c2ncn(-c3ccc(OC(F)(F)F)cc3)n2)cc1)NC(=O)N=C1SCCC(C)N1c1ccccc1C(C)C. The molecule has 1 fully saturated rings. The molecule has 0 spiro atoms. The number of benzene rings is 3. The summed E-state index contributed by atoms with van der Waals surface area (Å²) >= 11 is 1.63. The molecule has 2 unspecified atom stereocenters. The third-order valence-electron chi connectivity index (χ3n) is 7.94. The molecular formula is C35H39F3N6O2S. The maximum absolute atomic E-state index is 13.0. The van der Waals surface area contributed by atoms with Crippen molar-refractivity contribution in [3.63, 3.8) is 0 Å².